The number of phosphoric acid groups is 1. The number of hydrogen-bond donors (Lipinski definition) is 17. The average Bonchev–Trinajstić information content (AvgIpc) is 3.74. The predicted octanol–water partition coefficient (Wildman–Crippen LogP) is -9.04. The van der Waals surface area contributed by atoms with Gasteiger partial charge in [-0.25, -0.2) is 9.36 Å². The van der Waals surface area contributed by atoms with Crippen molar-refractivity contribution >= 4 is 78.9 Å². The molecule has 0 radical (unpaired) electrons. The van der Waals surface area contributed by atoms with Crippen molar-refractivity contribution in [2.75, 3.05) is 32.9 Å². The molecule has 1 heterocycles. The number of hydrogen-bond acceptors (Lipinski definition) is 17. The van der Waals surface area contributed by atoms with Crippen molar-refractivity contribution in [3.8, 4) is 0 Å². The maximum Gasteiger partial charge on any atom is 0.469 e. The molecular formula is C36H62N13O19P. The minimum Gasteiger partial charge on any atom is -0.481 e. The van der Waals surface area contributed by atoms with E-state index in [2.05, 4.69) is 36.1 Å². The Labute approximate surface area is 393 Å². The third-order valence-electron chi connectivity index (χ3n) is 9.82. The van der Waals surface area contributed by atoms with Gasteiger partial charge >= 0.3 is 19.8 Å². The van der Waals surface area contributed by atoms with Crippen molar-refractivity contribution in [3.05, 3.63) is 0 Å². The lowest BCUT2D eigenvalue weighted by atomic mass is 10.0. The summed E-state index contributed by atoms with van der Waals surface area (Å²) in [4.78, 5) is 164. The van der Waals surface area contributed by atoms with Crippen LogP contribution in [0.25, 0.3) is 0 Å². The second kappa shape index (κ2) is 28.7. The van der Waals surface area contributed by atoms with Crippen molar-refractivity contribution in [1.82, 2.24) is 42.1 Å². The number of carboxylic acids is 2. The van der Waals surface area contributed by atoms with Gasteiger partial charge in [0, 0.05) is 13.1 Å². The van der Waals surface area contributed by atoms with Gasteiger partial charge in [0.1, 0.15) is 48.3 Å². The van der Waals surface area contributed by atoms with Gasteiger partial charge in [-0.3, -0.25) is 57.5 Å². The van der Waals surface area contributed by atoms with Crippen LogP contribution in [0.1, 0.15) is 59.3 Å². The SMILES string of the molecule is CC(C)[C@H](NC(=O)[C@H](CC(N)=O)NC(=O)[C@@H]1CCCN1C(=O)[C@H](C)NC(=O)[C@H](COP(=O)(O)O)NC(=O)[C@H](CO)NC(=O)[C@H](CO)NC(=O)[C@H](CCCN=C(N)N)NC(=O)[C@@H](N)CC(=O)O)C(=O)O. The van der Waals surface area contributed by atoms with Crippen LogP contribution in [0.4, 0.5) is 0 Å². The number of aliphatic carboxylic acids is 2. The summed E-state index contributed by atoms with van der Waals surface area (Å²) in [5, 5.41) is 53.4. The number of aliphatic hydroxyl groups is 2. The van der Waals surface area contributed by atoms with E-state index in [9.17, 15) is 82.4 Å². The highest BCUT2D eigenvalue weighted by atomic mass is 31.2. The summed E-state index contributed by atoms with van der Waals surface area (Å²) in [5.41, 5.74) is 21.4. The topological polar surface area (TPSA) is 539 Å². The second-order valence-corrected chi connectivity index (χ2v) is 17.0. The molecule has 0 aromatic carbocycles. The Balaban J connectivity index is 3.21. The molecule has 1 fully saturated rings. The van der Waals surface area contributed by atoms with Crippen molar-refractivity contribution in [1.29, 1.82) is 0 Å². The summed E-state index contributed by atoms with van der Waals surface area (Å²) in [7, 11) is -5.37. The minimum atomic E-state index is -5.37. The molecule has 0 aliphatic carbocycles. The van der Waals surface area contributed by atoms with E-state index >= 15 is 0 Å². The van der Waals surface area contributed by atoms with Crippen LogP contribution in [0.5, 0.6) is 0 Å². The number of nitrogens with two attached hydrogens (primary N) is 4. The zero-order chi connectivity index (χ0) is 52.9. The fraction of sp³-hybridized carbons (Fsp3) is 0.667. The second-order valence-electron chi connectivity index (χ2n) is 15.8. The van der Waals surface area contributed by atoms with Crippen LogP contribution in [0, 0.1) is 5.92 Å². The summed E-state index contributed by atoms with van der Waals surface area (Å²) in [5.74, 6) is -14.0. The van der Waals surface area contributed by atoms with Crippen molar-refractivity contribution < 1.29 is 92.0 Å². The lowest BCUT2D eigenvalue weighted by molar-refractivity contribution is -0.144. The third kappa shape index (κ3) is 21.5. The van der Waals surface area contributed by atoms with E-state index in [1.807, 2.05) is 10.6 Å². The summed E-state index contributed by atoms with van der Waals surface area (Å²) >= 11 is 0. The summed E-state index contributed by atoms with van der Waals surface area (Å²) in [6.45, 7) is 0.304. The summed E-state index contributed by atoms with van der Waals surface area (Å²) in [6, 6.07) is -15.1. The first-order valence-electron chi connectivity index (χ1n) is 20.9. The van der Waals surface area contributed by atoms with Crippen LogP contribution in [-0.4, -0.2) is 193 Å². The zero-order valence-corrected chi connectivity index (χ0v) is 38.6. The molecule has 0 aromatic heterocycles. The zero-order valence-electron chi connectivity index (χ0n) is 37.7. The predicted molar refractivity (Wildman–Crippen MR) is 233 cm³/mol. The maximum absolute atomic E-state index is 13.6. The molecule has 69 heavy (non-hydrogen) atoms. The molecule has 0 aromatic rings. The Hall–Kier alpha value is -6.57. The number of guanidine groups is 1. The molecule has 9 atom stereocenters. The number of carboxylic acid groups (broad SMARTS) is 2. The molecule has 1 aliphatic rings. The molecular weight excluding hydrogens is 949 g/mol. The lowest BCUT2D eigenvalue weighted by Crippen LogP contribution is -2.61. The standard InChI is InChI=1S/C36H62N13O19P/c1-15(2)26(35(63)64)48-29(57)19(11-24(38)52)44-33(61)23-7-5-9-49(23)34(62)16(3)42-32(60)22(14-68-69(65,66)67)47-31(59)21(13-51)46-30(58)20(12-50)45-28(56)18(6-4-8-41-36(39)40)43-27(55)17(37)10-25(53)54/h15-23,26,50-51H,4-14,37H2,1-3H3,(H2,38,52)(H,42,60)(H,43,55)(H,44,61)(H,45,56)(H,46,58)(H,47,59)(H,48,57)(H,53,54)(H,63,64)(H4,39,40,41)(H2,65,66,67)/t16-,17-,18-,19-,20-,21-,22-,23-,26-/m0/s1. The van der Waals surface area contributed by atoms with Gasteiger partial charge in [-0.2, -0.15) is 0 Å². The number of aliphatic hydroxyl groups excluding tert-OH is 2. The first kappa shape index (κ1) is 60.4. The molecule has 0 bridgehead atoms. The van der Waals surface area contributed by atoms with Gasteiger partial charge in [0.15, 0.2) is 5.96 Å². The number of amides is 9. The average molecular weight is 1010 g/mol. The molecule has 0 spiro atoms. The molecule has 0 unspecified atom stereocenters. The van der Waals surface area contributed by atoms with Gasteiger partial charge in [-0.15, -0.1) is 0 Å². The van der Waals surface area contributed by atoms with Gasteiger partial charge in [0.25, 0.3) is 0 Å². The number of carbonyl (C=O) groups is 11. The van der Waals surface area contributed by atoms with E-state index in [1.165, 1.54) is 13.8 Å². The summed E-state index contributed by atoms with van der Waals surface area (Å²) in [6.07, 6.45) is -1.53. The minimum absolute atomic E-state index is 0.0118. The fourth-order valence-corrected chi connectivity index (χ4v) is 6.61. The summed E-state index contributed by atoms with van der Waals surface area (Å²) < 4.78 is 16.0. The number of primary amides is 1. The highest BCUT2D eigenvalue weighted by Gasteiger charge is 2.40. The van der Waals surface area contributed by atoms with E-state index in [4.69, 9.17) is 28.0 Å². The molecule has 1 rings (SSSR count). The maximum atomic E-state index is 13.6. The molecule has 390 valence electrons. The normalized spacial score (nSPS) is 16.9. The largest absolute Gasteiger partial charge is 0.481 e. The van der Waals surface area contributed by atoms with E-state index in [0.717, 1.165) is 11.8 Å². The van der Waals surface area contributed by atoms with E-state index in [-0.39, 0.29) is 44.7 Å². The van der Waals surface area contributed by atoms with E-state index in [1.54, 1.807) is 0 Å². The van der Waals surface area contributed by atoms with Crippen LogP contribution >= 0.6 is 7.82 Å². The van der Waals surface area contributed by atoms with Gasteiger partial charge in [0.05, 0.1) is 38.7 Å². The number of phosphoric ester groups is 1. The van der Waals surface area contributed by atoms with Gasteiger partial charge in [-0.1, -0.05) is 13.8 Å². The van der Waals surface area contributed by atoms with Gasteiger partial charge < -0.3 is 95.3 Å². The monoisotopic (exact) mass is 1010 g/mol. The third-order valence-corrected chi connectivity index (χ3v) is 10.3. The first-order chi connectivity index (χ1) is 32.0. The molecule has 21 N–H and O–H groups in total. The number of nitrogens with zero attached hydrogens (tertiary/aromatic N) is 2. The van der Waals surface area contributed by atoms with Crippen molar-refractivity contribution in [3.63, 3.8) is 0 Å². The van der Waals surface area contributed by atoms with Crippen LogP contribution < -0.4 is 60.2 Å². The Kier molecular flexibility index (Phi) is 25.1. The van der Waals surface area contributed by atoms with Crippen LogP contribution in [0.15, 0.2) is 4.99 Å². The van der Waals surface area contributed by atoms with Crippen LogP contribution in [0.3, 0.4) is 0 Å². The number of aliphatic imine (C=N–C) groups is 1. The quantitative estimate of drug-likeness (QED) is 0.0137. The van der Waals surface area contributed by atoms with Crippen molar-refractivity contribution in [2.45, 2.75) is 114 Å². The van der Waals surface area contributed by atoms with Gasteiger partial charge in [-0.05, 0) is 38.5 Å². The van der Waals surface area contributed by atoms with Gasteiger partial charge in [0.2, 0.25) is 53.2 Å². The van der Waals surface area contributed by atoms with Crippen molar-refractivity contribution in [2.24, 2.45) is 33.8 Å². The molecule has 1 saturated heterocycles. The Morgan fingerprint density at radius 3 is 1.70 bits per heavy atom. The highest BCUT2D eigenvalue weighted by molar-refractivity contribution is 7.46. The van der Waals surface area contributed by atoms with E-state index < -0.39 is 166 Å². The highest BCUT2D eigenvalue weighted by Crippen LogP contribution is 2.35. The molecule has 1 aliphatic heterocycles. The van der Waals surface area contributed by atoms with Crippen LogP contribution in [-0.2, 0) is 61.8 Å². The molecule has 9 amide bonds. The fourth-order valence-electron chi connectivity index (χ4n) is 6.26. The number of likely N-dealkylation sites (tertiary alicyclic amines) is 1. The Bertz CT molecular complexity index is 1970. The molecule has 32 nitrogen and oxygen atoms in total. The molecule has 33 heteroatoms. The Morgan fingerprint density at radius 1 is 0.710 bits per heavy atom. The number of nitrogens with one attached hydrogen (secondary N) is 7. The van der Waals surface area contributed by atoms with Crippen LogP contribution in [0.2, 0.25) is 0 Å². The molecule has 0 saturated carbocycles. The van der Waals surface area contributed by atoms with E-state index in [0.29, 0.717) is 0 Å². The number of rotatable bonds is 30. The number of carbonyl (C=O) groups excluding carboxylic acids is 9. The lowest BCUT2D eigenvalue weighted by Gasteiger charge is -2.29. The Morgan fingerprint density at radius 2 is 1.22 bits per heavy atom. The first-order valence-corrected chi connectivity index (χ1v) is 22.4. The smallest absolute Gasteiger partial charge is 0.469 e.